The maximum absolute atomic E-state index is 13.1. The lowest BCUT2D eigenvalue weighted by molar-refractivity contribution is -0.158. The van der Waals surface area contributed by atoms with Gasteiger partial charge >= 0.3 is 5.97 Å². The number of esters is 1. The SMILES string of the molecule is CCCCOC(=O)C12CCC(=O)N1c1ccccc1C(=O)N2C(C)C. The van der Waals surface area contributed by atoms with Gasteiger partial charge < -0.3 is 9.64 Å². The molecule has 2 aliphatic rings. The Morgan fingerprint density at radius 2 is 2.00 bits per heavy atom. The van der Waals surface area contributed by atoms with Gasteiger partial charge in [0.2, 0.25) is 11.6 Å². The molecular weight excluding hydrogens is 320 g/mol. The van der Waals surface area contributed by atoms with E-state index in [-0.39, 0.29) is 30.7 Å². The molecule has 1 atom stereocenters. The van der Waals surface area contributed by atoms with Crippen molar-refractivity contribution < 1.29 is 19.1 Å². The fourth-order valence-electron chi connectivity index (χ4n) is 3.80. The van der Waals surface area contributed by atoms with E-state index in [1.807, 2.05) is 20.8 Å². The summed E-state index contributed by atoms with van der Waals surface area (Å²) in [6, 6.07) is 6.72. The van der Waals surface area contributed by atoms with Crippen molar-refractivity contribution in [3.8, 4) is 0 Å². The standard InChI is InChI=1S/C19H24N2O4/c1-4-5-12-25-18(24)19-11-10-16(22)21(19)15-9-7-6-8-14(15)17(23)20(19)13(2)3/h6-9,13H,4-5,10-12H2,1-3H3. The van der Waals surface area contributed by atoms with Gasteiger partial charge in [-0.1, -0.05) is 25.5 Å². The van der Waals surface area contributed by atoms with Crippen molar-refractivity contribution in [2.45, 2.75) is 58.2 Å². The van der Waals surface area contributed by atoms with Crippen molar-refractivity contribution in [2.75, 3.05) is 11.5 Å². The van der Waals surface area contributed by atoms with E-state index in [0.29, 0.717) is 17.9 Å². The summed E-state index contributed by atoms with van der Waals surface area (Å²) in [6.45, 7) is 6.01. The zero-order valence-electron chi connectivity index (χ0n) is 14.9. The monoisotopic (exact) mass is 344 g/mol. The van der Waals surface area contributed by atoms with Gasteiger partial charge in [0.15, 0.2) is 0 Å². The molecule has 0 N–H and O–H groups in total. The minimum Gasteiger partial charge on any atom is -0.463 e. The Bertz CT molecular complexity index is 715. The summed E-state index contributed by atoms with van der Waals surface area (Å²) >= 11 is 0. The van der Waals surface area contributed by atoms with Crippen molar-refractivity contribution in [3.05, 3.63) is 29.8 Å². The second-order valence-electron chi connectivity index (χ2n) is 6.82. The van der Waals surface area contributed by atoms with Crippen LogP contribution in [-0.2, 0) is 14.3 Å². The van der Waals surface area contributed by atoms with Crippen LogP contribution in [0.15, 0.2) is 24.3 Å². The summed E-state index contributed by atoms with van der Waals surface area (Å²) in [7, 11) is 0. The Morgan fingerprint density at radius 1 is 1.28 bits per heavy atom. The van der Waals surface area contributed by atoms with Crippen LogP contribution in [0.3, 0.4) is 0 Å². The molecule has 25 heavy (non-hydrogen) atoms. The Hall–Kier alpha value is -2.37. The quantitative estimate of drug-likeness (QED) is 0.608. The van der Waals surface area contributed by atoms with Gasteiger partial charge in [0.1, 0.15) is 0 Å². The number of nitrogens with zero attached hydrogens (tertiary/aromatic N) is 2. The third-order valence-electron chi connectivity index (χ3n) is 4.87. The Balaban J connectivity index is 2.13. The van der Waals surface area contributed by atoms with Crippen molar-refractivity contribution in [1.82, 2.24) is 4.90 Å². The molecule has 0 aromatic heterocycles. The minimum atomic E-state index is -1.37. The molecular formula is C19H24N2O4. The summed E-state index contributed by atoms with van der Waals surface area (Å²) in [6.07, 6.45) is 2.13. The number of ether oxygens (including phenoxy) is 1. The lowest BCUT2D eigenvalue weighted by Gasteiger charge is -2.50. The number of carbonyl (C=O) groups is 3. The molecule has 6 heteroatoms. The average Bonchev–Trinajstić information content (AvgIpc) is 2.93. The van der Waals surface area contributed by atoms with E-state index in [0.717, 1.165) is 12.8 Å². The summed E-state index contributed by atoms with van der Waals surface area (Å²) in [5.74, 6) is -0.898. The van der Waals surface area contributed by atoms with Crippen LogP contribution in [0.2, 0.25) is 0 Å². The second-order valence-corrected chi connectivity index (χ2v) is 6.82. The molecule has 1 saturated heterocycles. The van der Waals surface area contributed by atoms with Crippen molar-refractivity contribution in [2.24, 2.45) is 0 Å². The van der Waals surface area contributed by atoms with Gasteiger partial charge in [-0.2, -0.15) is 0 Å². The van der Waals surface area contributed by atoms with Crippen LogP contribution < -0.4 is 4.90 Å². The van der Waals surface area contributed by atoms with E-state index in [1.54, 1.807) is 24.3 Å². The van der Waals surface area contributed by atoms with Crippen LogP contribution >= 0.6 is 0 Å². The number of para-hydroxylation sites is 1. The van der Waals surface area contributed by atoms with Gasteiger partial charge in [-0.3, -0.25) is 14.5 Å². The molecule has 1 aromatic carbocycles. The van der Waals surface area contributed by atoms with Gasteiger partial charge in [-0.05, 0) is 32.4 Å². The first-order valence-electron chi connectivity index (χ1n) is 8.88. The van der Waals surface area contributed by atoms with E-state index >= 15 is 0 Å². The number of fused-ring (bicyclic) bond motifs is 3. The zero-order chi connectivity index (χ0) is 18.2. The Morgan fingerprint density at radius 3 is 2.68 bits per heavy atom. The molecule has 1 unspecified atom stereocenters. The van der Waals surface area contributed by atoms with E-state index in [2.05, 4.69) is 0 Å². The molecule has 134 valence electrons. The average molecular weight is 344 g/mol. The fourth-order valence-corrected chi connectivity index (χ4v) is 3.80. The predicted octanol–water partition coefficient (Wildman–Crippen LogP) is 2.72. The maximum atomic E-state index is 13.1. The summed E-state index contributed by atoms with van der Waals surface area (Å²) in [4.78, 5) is 41.9. The van der Waals surface area contributed by atoms with E-state index in [1.165, 1.54) is 9.80 Å². The van der Waals surface area contributed by atoms with Crippen LogP contribution in [0.5, 0.6) is 0 Å². The number of hydrogen-bond donors (Lipinski definition) is 0. The molecule has 2 aliphatic heterocycles. The van der Waals surface area contributed by atoms with Crippen LogP contribution in [-0.4, -0.2) is 41.0 Å². The topological polar surface area (TPSA) is 66.9 Å². The first kappa shape index (κ1) is 17.5. The van der Waals surface area contributed by atoms with Gasteiger partial charge in [0, 0.05) is 18.9 Å². The number of amides is 2. The number of benzene rings is 1. The largest absolute Gasteiger partial charge is 0.463 e. The third-order valence-corrected chi connectivity index (χ3v) is 4.87. The van der Waals surface area contributed by atoms with Gasteiger partial charge in [-0.15, -0.1) is 0 Å². The number of hydrogen-bond acceptors (Lipinski definition) is 4. The highest BCUT2D eigenvalue weighted by Gasteiger charge is 2.62. The lowest BCUT2D eigenvalue weighted by atomic mass is 9.95. The Kier molecular flexibility index (Phi) is 4.54. The minimum absolute atomic E-state index is 0.155. The van der Waals surface area contributed by atoms with Crippen LogP contribution in [0, 0.1) is 0 Å². The summed E-state index contributed by atoms with van der Waals surface area (Å²) in [5.41, 5.74) is -0.424. The lowest BCUT2D eigenvalue weighted by Crippen LogP contribution is -2.70. The highest BCUT2D eigenvalue weighted by atomic mass is 16.5. The maximum Gasteiger partial charge on any atom is 0.353 e. The van der Waals surface area contributed by atoms with Gasteiger partial charge in [0.25, 0.3) is 5.91 Å². The van der Waals surface area contributed by atoms with Crippen LogP contribution in [0.1, 0.15) is 56.8 Å². The molecule has 0 spiro atoms. The second kappa shape index (κ2) is 6.50. The van der Waals surface area contributed by atoms with E-state index < -0.39 is 11.6 Å². The third kappa shape index (κ3) is 2.51. The molecule has 0 aliphatic carbocycles. The molecule has 3 rings (SSSR count). The molecule has 0 radical (unpaired) electrons. The molecule has 0 bridgehead atoms. The van der Waals surface area contributed by atoms with Crippen LogP contribution in [0.4, 0.5) is 5.69 Å². The summed E-state index contributed by atoms with van der Waals surface area (Å²) in [5, 5.41) is 0. The van der Waals surface area contributed by atoms with Gasteiger partial charge in [-0.25, -0.2) is 4.79 Å². The normalized spacial score (nSPS) is 22.2. The number of rotatable bonds is 5. The number of carbonyl (C=O) groups excluding carboxylic acids is 3. The van der Waals surface area contributed by atoms with E-state index in [9.17, 15) is 14.4 Å². The molecule has 2 heterocycles. The zero-order valence-corrected chi connectivity index (χ0v) is 14.9. The van der Waals surface area contributed by atoms with Crippen LogP contribution in [0.25, 0.3) is 0 Å². The van der Waals surface area contributed by atoms with Crippen molar-refractivity contribution in [3.63, 3.8) is 0 Å². The molecule has 6 nitrogen and oxygen atoms in total. The smallest absolute Gasteiger partial charge is 0.353 e. The van der Waals surface area contributed by atoms with Gasteiger partial charge in [0.05, 0.1) is 17.9 Å². The van der Waals surface area contributed by atoms with Crippen molar-refractivity contribution in [1.29, 1.82) is 0 Å². The van der Waals surface area contributed by atoms with E-state index in [4.69, 9.17) is 4.74 Å². The molecule has 1 aromatic rings. The fraction of sp³-hybridized carbons (Fsp3) is 0.526. The highest BCUT2D eigenvalue weighted by Crippen LogP contribution is 2.45. The predicted molar refractivity (Wildman–Crippen MR) is 93.1 cm³/mol. The summed E-state index contributed by atoms with van der Waals surface area (Å²) < 4.78 is 5.49. The van der Waals surface area contributed by atoms with Crippen molar-refractivity contribution >= 4 is 23.5 Å². The number of unbranched alkanes of at least 4 members (excludes halogenated alkanes) is 1. The first-order chi connectivity index (χ1) is 11.9. The molecule has 2 amide bonds. The first-order valence-corrected chi connectivity index (χ1v) is 8.88. The molecule has 1 fully saturated rings. The number of anilines is 1. The highest BCUT2D eigenvalue weighted by molar-refractivity contribution is 6.15. The molecule has 0 saturated carbocycles. The Labute approximate surface area is 147 Å².